The van der Waals surface area contributed by atoms with Crippen LogP contribution in [0.15, 0.2) is 84.9 Å². The number of nitrogens with zero attached hydrogens (tertiary/aromatic N) is 1. The Morgan fingerprint density at radius 2 is 1.33 bits per heavy atom. The maximum Gasteiger partial charge on any atom is 0.224 e. The summed E-state index contributed by atoms with van der Waals surface area (Å²) in [6, 6.07) is 28.4. The predicted molar refractivity (Wildman–Crippen MR) is 122 cm³/mol. The third-order valence-electron chi connectivity index (χ3n) is 5.06. The molecule has 30 heavy (non-hydrogen) atoms. The monoisotopic (exact) mass is 401 g/mol. The largest absolute Gasteiger partial charge is 0.497 e. The van der Waals surface area contributed by atoms with Crippen molar-refractivity contribution in [1.82, 2.24) is 4.90 Å². The van der Waals surface area contributed by atoms with Crippen LogP contribution in [0.5, 0.6) is 5.75 Å². The summed E-state index contributed by atoms with van der Waals surface area (Å²) in [4.78, 5) is 15.6. The molecule has 0 saturated carbocycles. The number of amides is 1. The van der Waals surface area contributed by atoms with Gasteiger partial charge in [-0.3, -0.25) is 4.79 Å². The van der Waals surface area contributed by atoms with Crippen LogP contribution in [0.2, 0.25) is 0 Å². The van der Waals surface area contributed by atoms with Gasteiger partial charge >= 0.3 is 0 Å². The Balaban J connectivity index is 2.04. The molecule has 0 heterocycles. The molecular formula is C27H31NO2. The minimum absolute atomic E-state index is 0.0901. The average molecular weight is 402 g/mol. The van der Waals surface area contributed by atoms with E-state index in [9.17, 15) is 4.79 Å². The van der Waals surface area contributed by atoms with E-state index in [1.807, 2.05) is 65.6 Å². The lowest BCUT2D eigenvalue weighted by molar-refractivity contribution is -0.135. The van der Waals surface area contributed by atoms with Crippen molar-refractivity contribution < 1.29 is 9.53 Å². The zero-order chi connectivity index (χ0) is 21.6. The summed E-state index contributed by atoms with van der Waals surface area (Å²) in [5.41, 5.74) is 3.21. The van der Waals surface area contributed by atoms with Gasteiger partial charge in [-0.05, 0) is 34.2 Å². The van der Waals surface area contributed by atoms with Crippen LogP contribution in [-0.2, 0) is 11.3 Å². The van der Waals surface area contributed by atoms with Crippen molar-refractivity contribution in [3.05, 3.63) is 102 Å². The van der Waals surface area contributed by atoms with E-state index >= 15 is 0 Å². The van der Waals surface area contributed by atoms with Gasteiger partial charge in [-0.2, -0.15) is 0 Å². The molecule has 3 nitrogen and oxygen atoms in total. The highest BCUT2D eigenvalue weighted by Gasteiger charge is 2.29. The highest BCUT2D eigenvalue weighted by molar-refractivity contribution is 5.78. The second-order valence-electron chi connectivity index (χ2n) is 8.83. The molecule has 0 aromatic heterocycles. The Morgan fingerprint density at radius 1 is 0.833 bits per heavy atom. The van der Waals surface area contributed by atoms with E-state index in [2.05, 4.69) is 45.0 Å². The fraction of sp³-hybridized carbons (Fsp3) is 0.296. The molecule has 1 amide bonds. The van der Waals surface area contributed by atoms with Crippen LogP contribution >= 0.6 is 0 Å². The third kappa shape index (κ3) is 5.73. The maximum absolute atomic E-state index is 13.6. The Morgan fingerprint density at radius 3 is 1.77 bits per heavy atom. The van der Waals surface area contributed by atoms with E-state index in [1.54, 1.807) is 7.11 Å². The van der Waals surface area contributed by atoms with Crippen LogP contribution in [0.4, 0.5) is 0 Å². The molecule has 156 valence electrons. The summed E-state index contributed by atoms with van der Waals surface area (Å²) >= 11 is 0. The molecule has 0 fully saturated rings. The molecule has 0 aliphatic carbocycles. The first-order chi connectivity index (χ1) is 14.4. The Labute approximate surface area is 180 Å². The number of ether oxygens (including phenoxy) is 1. The van der Waals surface area contributed by atoms with Gasteiger partial charge in [-0.1, -0.05) is 93.6 Å². The van der Waals surface area contributed by atoms with Gasteiger partial charge in [0, 0.05) is 13.0 Å². The molecule has 0 aliphatic rings. The van der Waals surface area contributed by atoms with E-state index in [-0.39, 0.29) is 17.4 Å². The Kier molecular flexibility index (Phi) is 6.94. The number of hydrogen-bond acceptors (Lipinski definition) is 2. The number of rotatable bonds is 7. The number of methoxy groups -OCH3 is 1. The topological polar surface area (TPSA) is 29.5 Å². The van der Waals surface area contributed by atoms with Crippen LogP contribution in [0.25, 0.3) is 0 Å². The molecule has 0 aliphatic heterocycles. The molecule has 0 bridgehead atoms. The highest BCUT2D eigenvalue weighted by atomic mass is 16.5. The van der Waals surface area contributed by atoms with Gasteiger partial charge in [0.2, 0.25) is 5.91 Å². The fourth-order valence-electron chi connectivity index (χ4n) is 3.63. The summed E-state index contributed by atoms with van der Waals surface area (Å²) in [6.07, 6.45) is 0.485. The Bertz CT molecular complexity index is 889. The van der Waals surface area contributed by atoms with Gasteiger partial charge in [0.15, 0.2) is 0 Å². The molecule has 3 aromatic rings. The van der Waals surface area contributed by atoms with E-state index < -0.39 is 0 Å². The van der Waals surface area contributed by atoms with Crippen molar-refractivity contribution in [2.24, 2.45) is 5.41 Å². The molecule has 0 unspecified atom stereocenters. The average Bonchev–Trinajstić information content (AvgIpc) is 2.74. The van der Waals surface area contributed by atoms with Gasteiger partial charge < -0.3 is 9.64 Å². The van der Waals surface area contributed by atoms with Crippen molar-refractivity contribution in [1.29, 1.82) is 0 Å². The molecule has 0 saturated heterocycles. The molecule has 0 spiro atoms. The number of benzene rings is 3. The van der Waals surface area contributed by atoms with E-state index in [4.69, 9.17) is 4.74 Å². The molecule has 0 atom stereocenters. The predicted octanol–water partition coefficient (Wildman–Crippen LogP) is 6.25. The zero-order valence-corrected chi connectivity index (χ0v) is 18.3. The summed E-state index contributed by atoms with van der Waals surface area (Å²) in [7, 11) is 1.66. The fourth-order valence-corrected chi connectivity index (χ4v) is 3.63. The van der Waals surface area contributed by atoms with Crippen LogP contribution in [0.3, 0.4) is 0 Å². The minimum atomic E-state index is -0.149. The highest BCUT2D eigenvalue weighted by Crippen LogP contribution is 2.33. The summed E-state index contributed by atoms with van der Waals surface area (Å²) in [6.45, 7) is 6.86. The number of hydrogen-bond donors (Lipinski definition) is 0. The summed E-state index contributed by atoms with van der Waals surface area (Å²) in [5.74, 6) is 0.963. The summed E-state index contributed by atoms with van der Waals surface area (Å²) in [5, 5.41) is 0. The normalized spacial score (nSPS) is 11.4. The van der Waals surface area contributed by atoms with Crippen molar-refractivity contribution in [2.75, 3.05) is 7.11 Å². The smallest absolute Gasteiger partial charge is 0.224 e. The third-order valence-corrected chi connectivity index (χ3v) is 5.06. The van der Waals surface area contributed by atoms with Gasteiger partial charge in [0.1, 0.15) is 5.75 Å². The molecule has 0 radical (unpaired) electrons. The van der Waals surface area contributed by atoms with Crippen molar-refractivity contribution in [3.63, 3.8) is 0 Å². The van der Waals surface area contributed by atoms with Crippen molar-refractivity contribution in [2.45, 2.75) is 39.8 Å². The number of carbonyl (C=O) groups excluding carboxylic acids is 1. The molecular weight excluding hydrogens is 370 g/mol. The molecule has 0 N–H and O–H groups in total. The Hall–Kier alpha value is -3.07. The second-order valence-corrected chi connectivity index (χ2v) is 8.83. The second kappa shape index (κ2) is 9.62. The van der Waals surface area contributed by atoms with Crippen LogP contribution in [0, 0.1) is 5.41 Å². The van der Waals surface area contributed by atoms with Gasteiger partial charge in [-0.25, -0.2) is 0 Å². The van der Waals surface area contributed by atoms with Crippen molar-refractivity contribution >= 4 is 5.91 Å². The van der Waals surface area contributed by atoms with Gasteiger partial charge in [0.05, 0.1) is 13.2 Å². The molecule has 3 heteroatoms. The van der Waals surface area contributed by atoms with Crippen LogP contribution < -0.4 is 4.74 Å². The molecule has 3 aromatic carbocycles. The zero-order valence-electron chi connectivity index (χ0n) is 18.3. The molecule has 3 rings (SSSR count). The van der Waals surface area contributed by atoms with Crippen LogP contribution in [-0.4, -0.2) is 17.9 Å². The van der Waals surface area contributed by atoms with E-state index in [0.29, 0.717) is 13.0 Å². The first-order valence-electron chi connectivity index (χ1n) is 10.4. The first-order valence-corrected chi connectivity index (χ1v) is 10.4. The lowest BCUT2D eigenvalue weighted by atomic mass is 9.90. The lowest BCUT2D eigenvalue weighted by Crippen LogP contribution is -2.37. The van der Waals surface area contributed by atoms with E-state index in [1.165, 1.54) is 0 Å². The SMILES string of the molecule is COc1ccc(CN(C(=O)CC(C)(C)C)C(c2ccccc2)c2ccccc2)cc1. The number of carbonyl (C=O) groups is 1. The standard InChI is InChI=1S/C27H31NO2/c1-27(2,3)19-25(29)28(20-21-15-17-24(30-4)18-16-21)26(22-11-7-5-8-12-22)23-13-9-6-10-14-23/h5-18,26H,19-20H2,1-4H3. The van der Waals surface area contributed by atoms with Gasteiger partial charge in [-0.15, -0.1) is 0 Å². The maximum atomic E-state index is 13.6. The van der Waals surface area contributed by atoms with Crippen LogP contribution in [0.1, 0.15) is 49.9 Å². The quantitative estimate of drug-likeness (QED) is 0.468. The first kappa shape index (κ1) is 21.6. The minimum Gasteiger partial charge on any atom is -0.497 e. The van der Waals surface area contributed by atoms with Gasteiger partial charge in [0.25, 0.3) is 0 Å². The van der Waals surface area contributed by atoms with E-state index in [0.717, 1.165) is 22.4 Å². The van der Waals surface area contributed by atoms with Crippen molar-refractivity contribution in [3.8, 4) is 5.75 Å². The lowest BCUT2D eigenvalue weighted by Gasteiger charge is -2.35. The summed E-state index contributed by atoms with van der Waals surface area (Å²) < 4.78 is 5.29.